The first-order valence-corrected chi connectivity index (χ1v) is 7.95. The first kappa shape index (κ1) is 19.0. The summed E-state index contributed by atoms with van der Waals surface area (Å²) in [6.07, 6.45) is 2.08. The molecule has 0 aliphatic carbocycles. The molecule has 0 spiro atoms. The zero-order valence-electron chi connectivity index (χ0n) is 14.1. The lowest BCUT2D eigenvalue weighted by Crippen LogP contribution is -2.44. The molecule has 3 nitrogen and oxygen atoms in total. The van der Waals surface area contributed by atoms with E-state index >= 15 is 0 Å². The lowest BCUT2D eigenvalue weighted by molar-refractivity contribution is -0.127. The Morgan fingerprint density at radius 1 is 1.36 bits per heavy atom. The van der Waals surface area contributed by atoms with Gasteiger partial charge in [-0.25, -0.2) is 0 Å². The number of piperidine rings is 1. The molecule has 1 aliphatic rings. The van der Waals surface area contributed by atoms with Gasteiger partial charge in [0.25, 0.3) is 0 Å². The van der Waals surface area contributed by atoms with Gasteiger partial charge in [-0.2, -0.15) is 0 Å². The predicted octanol–water partition coefficient (Wildman–Crippen LogP) is 3.62. The molecule has 1 saturated heterocycles. The number of carbonyl (C=O) groups is 1. The molecule has 2 rings (SSSR count). The first-order chi connectivity index (χ1) is 9.88. The number of halogens is 1. The van der Waals surface area contributed by atoms with Gasteiger partial charge in [-0.05, 0) is 37.3 Å². The van der Waals surface area contributed by atoms with Crippen molar-refractivity contribution in [3.05, 3.63) is 35.4 Å². The average Bonchev–Trinajstić information content (AvgIpc) is 2.44. The molecule has 2 atom stereocenters. The van der Waals surface area contributed by atoms with Crippen LogP contribution in [-0.4, -0.2) is 19.0 Å². The maximum atomic E-state index is 12.6. The van der Waals surface area contributed by atoms with E-state index < -0.39 is 0 Å². The lowest BCUT2D eigenvalue weighted by atomic mass is 9.81. The van der Waals surface area contributed by atoms with Crippen LogP contribution in [0.1, 0.15) is 50.8 Å². The van der Waals surface area contributed by atoms with Gasteiger partial charge in [0.15, 0.2) is 0 Å². The van der Waals surface area contributed by atoms with Crippen LogP contribution in [0.15, 0.2) is 24.3 Å². The van der Waals surface area contributed by atoms with Crippen molar-refractivity contribution in [2.24, 2.45) is 11.3 Å². The van der Waals surface area contributed by atoms with Crippen molar-refractivity contribution < 1.29 is 4.79 Å². The van der Waals surface area contributed by atoms with Gasteiger partial charge in [0.2, 0.25) is 5.91 Å². The van der Waals surface area contributed by atoms with Crippen LogP contribution in [0.3, 0.4) is 0 Å². The van der Waals surface area contributed by atoms with Gasteiger partial charge in [0.1, 0.15) is 0 Å². The topological polar surface area (TPSA) is 41.1 Å². The summed E-state index contributed by atoms with van der Waals surface area (Å²) in [4.78, 5) is 12.6. The van der Waals surface area contributed by atoms with E-state index in [-0.39, 0.29) is 35.7 Å². The zero-order valence-corrected chi connectivity index (χ0v) is 14.9. The molecule has 2 N–H and O–H groups in total. The smallest absolute Gasteiger partial charge is 0.224 e. The van der Waals surface area contributed by atoms with Gasteiger partial charge < -0.3 is 10.6 Å². The minimum atomic E-state index is -0.00838. The molecule has 1 heterocycles. The maximum absolute atomic E-state index is 12.6. The largest absolute Gasteiger partial charge is 0.348 e. The highest BCUT2D eigenvalue weighted by atomic mass is 35.5. The molecule has 124 valence electrons. The maximum Gasteiger partial charge on any atom is 0.224 e. The Hall–Kier alpha value is -1.06. The van der Waals surface area contributed by atoms with E-state index in [1.54, 1.807) is 0 Å². The van der Waals surface area contributed by atoms with Gasteiger partial charge in [-0.15, -0.1) is 12.4 Å². The van der Waals surface area contributed by atoms with Crippen molar-refractivity contribution in [3.8, 4) is 0 Å². The van der Waals surface area contributed by atoms with E-state index in [0.717, 1.165) is 25.9 Å². The Kier molecular flexibility index (Phi) is 6.89. The Morgan fingerprint density at radius 2 is 2.09 bits per heavy atom. The SMILES string of the molecule is Cc1cccc(C(NC(=O)C2CCCNC2)C(C)(C)C)c1.Cl. The molecule has 0 saturated carbocycles. The molecule has 0 bridgehead atoms. The fourth-order valence-corrected chi connectivity index (χ4v) is 2.99. The van der Waals surface area contributed by atoms with Crippen LogP contribution in [0, 0.1) is 18.3 Å². The molecule has 2 unspecified atom stereocenters. The molecule has 1 aromatic carbocycles. The van der Waals surface area contributed by atoms with Crippen molar-refractivity contribution in [3.63, 3.8) is 0 Å². The van der Waals surface area contributed by atoms with Crippen LogP contribution in [0.25, 0.3) is 0 Å². The van der Waals surface area contributed by atoms with Gasteiger partial charge in [-0.3, -0.25) is 4.79 Å². The lowest BCUT2D eigenvalue weighted by Gasteiger charge is -2.34. The molecule has 4 heteroatoms. The normalized spacial score (nSPS) is 19.9. The van der Waals surface area contributed by atoms with Crippen molar-refractivity contribution in [2.45, 2.75) is 46.6 Å². The summed E-state index contributed by atoms with van der Waals surface area (Å²) >= 11 is 0. The standard InChI is InChI=1S/C18H28N2O.ClH/c1-13-7-5-8-14(11-13)16(18(2,3)4)20-17(21)15-9-6-10-19-12-15;/h5,7-8,11,15-16,19H,6,9-10,12H2,1-4H3,(H,20,21);1H. The predicted molar refractivity (Wildman–Crippen MR) is 94.4 cm³/mol. The number of nitrogens with one attached hydrogen (secondary N) is 2. The monoisotopic (exact) mass is 324 g/mol. The summed E-state index contributed by atoms with van der Waals surface area (Å²) in [5, 5.41) is 6.61. The Labute approximate surface area is 140 Å². The van der Waals surface area contributed by atoms with E-state index in [9.17, 15) is 4.79 Å². The van der Waals surface area contributed by atoms with Gasteiger partial charge >= 0.3 is 0 Å². The summed E-state index contributed by atoms with van der Waals surface area (Å²) < 4.78 is 0. The van der Waals surface area contributed by atoms with E-state index in [4.69, 9.17) is 0 Å². The van der Waals surface area contributed by atoms with E-state index in [1.165, 1.54) is 11.1 Å². The van der Waals surface area contributed by atoms with Crippen LogP contribution in [0.2, 0.25) is 0 Å². The number of aryl methyl sites for hydroxylation is 1. The minimum Gasteiger partial charge on any atom is -0.348 e. The number of benzene rings is 1. The van der Waals surface area contributed by atoms with Crippen molar-refractivity contribution in [2.75, 3.05) is 13.1 Å². The molecule has 0 radical (unpaired) electrons. The van der Waals surface area contributed by atoms with E-state index in [2.05, 4.69) is 62.6 Å². The third kappa shape index (κ3) is 4.99. The third-order valence-electron chi connectivity index (χ3n) is 4.20. The molecular formula is C18H29ClN2O. The number of carbonyl (C=O) groups excluding carboxylic acids is 1. The molecular weight excluding hydrogens is 296 g/mol. The second kappa shape index (κ2) is 7.98. The quantitative estimate of drug-likeness (QED) is 0.891. The number of rotatable bonds is 3. The molecule has 1 aromatic rings. The van der Waals surface area contributed by atoms with Gasteiger partial charge in [-0.1, -0.05) is 50.6 Å². The molecule has 0 aromatic heterocycles. The summed E-state index contributed by atoms with van der Waals surface area (Å²) in [5.74, 6) is 0.289. The molecule has 1 amide bonds. The molecule has 22 heavy (non-hydrogen) atoms. The average molecular weight is 325 g/mol. The molecule has 1 fully saturated rings. The van der Waals surface area contributed by atoms with Crippen molar-refractivity contribution >= 4 is 18.3 Å². The highest BCUT2D eigenvalue weighted by Gasteiger charge is 2.30. The Morgan fingerprint density at radius 3 is 2.64 bits per heavy atom. The van der Waals surface area contributed by atoms with E-state index in [1.807, 2.05) is 0 Å². The Bertz CT molecular complexity index is 490. The minimum absolute atomic E-state index is 0. The summed E-state index contributed by atoms with van der Waals surface area (Å²) in [7, 11) is 0. The number of hydrogen-bond donors (Lipinski definition) is 2. The van der Waals surface area contributed by atoms with Crippen molar-refractivity contribution in [1.29, 1.82) is 0 Å². The molecule has 1 aliphatic heterocycles. The second-order valence-corrected chi connectivity index (χ2v) is 7.27. The third-order valence-corrected chi connectivity index (χ3v) is 4.20. The van der Waals surface area contributed by atoms with E-state index in [0.29, 0.717) is 0 Å². The fourth-order valence-electron chi connectivity index (χ4n) is 2.99. The van der Waals surface area contributed by atoms with Crippen molar-refractivity contribution in [1.82, 2.24) is 10.6 Å². The Balaban J connectivity index is 0.00000242. The highest BCUT2D eigenvalue weighted by molar-refractivity contribution is 5.85. The first-order valence-electron chi connectivity index (χ1n) is 7.95. The highest BCUT2D eigenvalue weighted by Crippen LogP contribution is 2.33. The van der Waals surface area contributed by atoms with Gasteiger partial charge in [0.05, 0.1) is 12.0 Å². The summed E-state index contributed by atoms with van der Waals surface area (Å²) in [5.41, 5.74) is 2.42. The summed E-state index contributed by atoms with van der Waals surface area (Å²) in [6.45, 7) is 10.5. The summed E-state index contributed by atoms with van der Waals surface area (Å²) in [6, 6.07) is 8.50. The fraction of sp³-hybridized carbons (Fsp3) is 0.611. The second-order valence-electron chi connectivity index (χ2n) is 7.27. The van der Waals surface area contributed by atoms with Crippen LogP contribution in [-0.2, 0) is 4.79 Å². The zero-order chi connectivity index (χ0) is 15.5. The van der Waals surface area contributed by atoms with Crippen LogP contribution >= 0.6 is 12.4 Å². The number of amides is 1. The van der Waals surface area contributed by atoms with Crippen LogP contribution in [0.4, 0.5) is 0 Å². The van der Waals surface area contributed by atoms with Gasteiger partial charge in [0, 0.05) is 6.54 Å². The van der Waals surface area contributed by atoms with Crippen LogP contribution in [0.5, 0.6) is 0 Å². The van der Waals surface area contributed by atoms with Crippen LogP contribution < -0.4 is 10.6 Å². The number of hydrogen-bond acceptors (Lipinski definition) is 2.